The Labute approximate surface area is 96.2 Å². The molecule has 0 aliphatic carbocycles. The molecule has 4 heteroatoms. The Bertz CT molecular complexity index is 315. The number of ether oxygens (including phenoxy) is 2. The first-order valence-electron chi connectivity index (χ1n) is 5.43. The first-order valence-corrected chi connectivity index (χ1v) is 5.43. The molecular formula is C12H19NO3. The van der Waals surface area contributed by atoms with Gasteiger partial charge in [-0.1, -0.05) is 0 Å². The molecule has 0 saturated heterocycles. The first kappa shape index (κ1) is 12.9. The van der Waals surface area contributed by atoms with Gasteiger partial charge in [-0.3, -0.25) is 4.98 Å². The normalized spacial score (nSPS) is 12.8. The van der Waals surface area contributed by atoms with Crippen molar-refractivity contribution < 1.29 is 14.6 Å². The van der Waals surface area contributed by atoms with Crippen molar-refractivity contribution in [1.82, 2.24) is 4.98 Å². The molecule has 0 saturated carbocycles. The standard InChI is InChI=1S/C12H19NO3/c1-9(2)15-7-11(14)8-16-12-5-4-6-13-10(12)3/h4-6,9,11,14H,7-8H2,1-3H3. The molecule has 0 aromatic carbocycles. The Balaban J connectivity index is 2.31. The number of hydrogen-bond donors (Lipinski definition) is 1. The van der Waals surface area contributed by atoms with Gasteiger partial charge in [0.25, 0.3) is 0 Å². The van der Waals surface area contributed by atoms with Crippen LogP contribution in [-0.4, -0.2) is 35.5 Å². The van der Waals surface area contributed by atoms with E-state index in [9.17, 15) is 5.11 Å². The van der Waals surface area contributed by atoms with Gasteiger partial charge in [0.2, 0.25) is 0 Å². The average molecular weight is 225 g/mol. The van der Waals surface area contributed by atoms with Crippen molar-refractivity contribution >= 4 is 0 Å². The van der Waals surface area contributed by atoms with E-state index < -0.39 is 6.10 Å². The molecule has 0 spiro atoms. The van der Waals surface area contributed by atoms with E-state index >= 15 is 0 Å². The van der Waals surface area contributed by atoms with Gasteiger partial charge in [-0.2, -0.15) is 0 Å². The molecule has 1 N–H and O–H groups in total. The number of aryl methyl sites for hydroxylation is 1. The fourth-order valence-electron chi connectivity index (χ4n) is 1.16. The maximum atomic E-state index is 9.58. The van der Waals surface area contributed by atoms with Gasteiger partial charge < -0.3 is 14.6 Å². The second-order valence-electron chi connectivity index (χ2n) is 3.93. The van der Waals surface area contributed by atoms with Gasteiger partial charge in [0.1, 0.15) is 18.5 Å². The smallest absolute Gasteiger partial charge is 0.140 e. The molecule has 0 bridgehead atoms. The molecule has 0 amide bonds. The van der Waals surface area contributed by atoms with Crippen LogP contribution in [0.25, 0.3) is 0 Å². The summed E-state index contributed by atoms with van der Waals surface area (Å²) in [4.78, 5) is 4.09. The quantitative estimate of drug-likeness (QED) is 0.798. The molecule has 1 rings (SSSR count). The van der Waals surface area contributed by atoms with E-state index in [1.54, 1.807) is 12.3 Å². The van der Waals surface area contributed by atoms with E-state index in [0.29, 0.717) is 5.75 Å². The highest BCUT2D eigenvalue weighted by Crippen LogP contribution is 2.13. The molecule has 0 aliphatic heterocycles. The Morgan fingerprint density at radius 3 is 2.75 bits per heavy atom. The van der Waals surface area contributed by atoms with Crippen LogP contribution in [-0.2, 0) is 4.74 Å². The highest BCUT2D eigenvalue weighted by atomic mass is 16.5. The van der Waals surface area contributed by atoms with Gasteiger partial charge >= 0.3 is 0 Å². The van der Waals surface area contributed by atoms with Gasteiger partial charge in [-0.25, -0.2) is 0 Å². The van der Waals surface area contributed by atoms with E-state index in [4.69, 9.17) is 9.47 Å². The van der Waals surface area contributed by atoms with Crippen LogP contribution in [0.1, 0.15) is 19.5 Å². The Hall–Kier alpha value is -1.13. The summed E-state index contributed by atoms with van der Waals surface area (Å²) in [6.45, 7) is 6.24. The van der Waals surface area contributed by atoms with Crippen LogP contribution in [0.2, 0.25) is 0 Å². The summed E-state index contributed by atoms with van der Waals surface area (Å²) >= 11 is 0. The fourth-order valence-corrected chi connectivity index (χ4v) is 1.16. The van der Waals surface area contributed by atoms with E-state index in [1.807, 2.05) is 26.8 Å². The van der Waals surface area contributed by atoms with Crippen LogP contribution in [0.5, 0.6) is 5.75 Å². The molecule has 16 heavy (non-hydrogen) atoms. The lowest BCUT2D eigenvalue weighted by Gasteiger charge is -2.15. The van der Waals surface area contributed by atoms with Gasteiger partial charge in [-0.15, -0.1) is 0 Å². The van der Waals surface area contributed by atoms with E-state index in [2.05, 4.69) is 4.98 Å². The van der Waals surface area contributed by atoms with Crippen molar-refractivity contribution in [2.24, 2.45) is 0 Å². The number of pyridine rings is 1. The lowest BCUT2D eigenvalue weighted by molar-refractivity contribution is -0.0124. The third kappa shape index (κ3) is 4.59. The van der Waals surface area contributed by atoms with E-state index in [1.165, 1.54) is 0 Å². The van der Waals surface area contributed by atoms with Crippen LogP contribution in [0.4, 0.5) is 0 Å². The van der Waals surface area contributed by atoms with Gasteiger partial charge in [0.15, 0.2) is 0 Å². The predicted molar refractivity (Wildman–Crippen MR) is 61.6 cm³/mol. The monoisotopic (exact) mass is 225 g/mol. The van der Waals surface area contributed by atoms with Crippen LogP contribution in [0, 0.1) is 6.92 Å². The zero-order valence-electron chi connectivity index (χ0n) is 10.0. The molecule has 0 radical (unpaired) electrons. The predicted octanol–water partition coefficient (Wildman–Crippen LogP) is 1.55. The summed E-state index contributed by atoms with van der Waals surface area (Å²) in [6, 6.07) is 3.64. The number of rotatable bonds is 6. The molecule has 1 heterocycles. The van der Waals surface area contributed by atoms with Crippen LogP contribution >= 0.6 is 0 Å². The maximum Gasteiger partial charge on any atom is 0.140 e. The lowest BCUT2D eigenvalue weighted by Crippen LogP contribution is -2.25. The molecule has 90 valence electrons. The minimum Gasteiger partial charge on any atom is -0.489 e. The minimum absolute atomic E-state index is 0.120. The maximum absolute atomic E-state index is 9.58. The third-order valence-corrected chi connectivity index (χ3v) is 2.01. The SMILES string of the molecule is Cc1ncccc1OCC(O)COC(C)C. The van der Waals surface area contributed by atoms with Gasteiger partial charge in [-0.05, 0) is 32.9 Å². The Kier molecular flexibility index (Phi) is 5.22. The molecule has 1 aromatic rings. The van der Waals surface area contributed by atoms with Crippen LogP contribution < -0.4 is 4.74 Å². The minimum atomic E-state index is -0.609. The second-order valence-corrected chi connectivity index (χ2v) is 3.93. The first-order chi connectivity index (χ1) is 7.59. The van der Waals surface area contributed by atoms with Crippen molar-refractivity contribution in [3.05, 3.63) is 24.0 Å². The molecule has 4 nitrogen and oxygen atoms in total. The van der Waals surface area contributed by atoms with Gasteiger partial charge in [0, 0.05) is 6.20 Å². The van der Waals surface area contributed by atoms with Crippen molar-refractivity contribution in [3.8, 4) is 5.75 Å². The van der Waals surface area contributed by atoms with Crippen molar-refractivity contribution in [1.29, 1.82) is 0 Å². The lowest BCUT2D eigenvalue weighted by atomic mass is 10.3. The largest absolute Gasteiger partial charge is 0.489 e. The summed E-state index contributed by atoms with van der Waals surface area (Å²) in [6.07, 6.45) is 1.22. The Morgan fingerprint density at radius 2 is 2.12 bits per heavy atom. The fraction of sp³-hybridized carbons (Fsp3) is 0.583. The molecule has 1 aromatic heterocycles. The van der Waals surface area contributed by atoms with Gasteiger partial charge in [0.05, 0.1) is 18.4 Å². The van der Waals surface area contributed by atoms with E-state index in [0.717, 1.165) is 5.69 Å². The molecule has 1 unspecified atom stereocenters. The van der Waals surface area contributed by atoms with Crippen LogP contribution in [0.15, 0.2) is 18.3 Å². The number of nitrogens with zero attached hydrogens (tertiary/aromatic N) is 1. The molecule has 1 atom stereocenters. The topological polar surface area (TPSA) is 51.6 Å². The zero-order chi connectivity index (χ0) is 12.0. The summed E-state index contributed by atoms with van der Waals surface area (Å²) in [5.74, 6) is 0.700. The van der Waals surface area contributed by atoms with E-state index in [-0.39, 0.29) is 19.3 Å². The zero-order valence-corrected chi connectivity index (χ0v) is 10.0. The number of aromatic nitrogens is 1. The number of aliphatic hydroxyl groups is 1. The second kappa shape index (κ2) is 6.45. The third-order valence-electron chi connectivity index (χ3n) is 2.01. The van der Waals surface area contributed by atoms with Crippen molar-refractivity contribution in [2.75, 3.05) is 13.2 Å². The highest BCUT2D eigenvalue weighted by Gasteiger charge is 2.07. The number of hydrogen-bond acceptors (Lipinski definition) is 4. The number of aliphatic hydroxyl groups excluding tert-OH is 1. The van der Waals surface area contributed by atoms with Crippen LogP contribution in [0.3, 0.4) is 0 Å². The summed E-state index contributed by atoms with van der Waals surface area (Å²) in [7, 11) is 0. The summed E-state index contributed by atoms with van der Waals surface area (Å²) in [5.41, 5.74) is 0.819. The molecular weight excluding hydrogens is 206 g/mol. The van der Waals surface area contributed by atoms with Crippen molar-refractivity contribution in [3.63, 3.8) is 0 Å². The Morgan fingerprint density at radius 1 is 1.38 bits per heavy atom. The molecule has 0 fully saturated rings. The summed E-state index contributed by atoms with van der Waals surface area (Å²) < 4.78 is 10.7. The highest BCUT2D eigenvalue weighted by molar-refractivity contribution is 5.25. The average Bonchev–Trinajstić information content (AvgIpc) is 2.25. The summed E-state index contributed by atoms with van der Waals surface area (Å²) in [5, 5.41) is 9.58. The van der Waals surface area contributed by atoms with Crippen molar-refractivity contribution in [2.45, 2.75) is 33.0 Å². The molecule has 0 aliphatic rings.